The average molecular weight is 345 g/mol. The van der Waals surface area contributed by atoms with Crippen molar-refractivity contribution < 1.29 is 0 Å². The van der Waals surface area contributed by atoms with Crippen LogP contribution in [0.3, 0.4) is 0 Å². The molecule has 0 spiro atoms. The summed E-state index contributed by atoms with van der Waals surface area (Å²) in [6.07, 6.45) is 1.15. The fourth-order valence-corrected chi connectivity index (χ4v) is 4.14. The molecule has 1 saturated heterocycles. The first-order valence-electron chi connectivity index (χ1n) is 7.15. The van der Waals surface area contributed by atoms with E-state index in [1.165, 1.54) is 11.7 Å². The summed E-state index contributed by atoms with van der Waals surface area (Å²) >= 11 is 13.8. The molecule has 21 heavy (non-hydrogen) atoms. The minimum atomic E-state index is 0.479. The molecule has 0 radical (unpaired) electrons. The third-order valence-electron chi connectivity index (χ3n) is 3.75. The first-order chi connectivity index (χ1) is 10.1. The Kier molecular flexibility index (Phi) is 4.54. The molecule has 0 amide bonds. The van der Waals surface area contributed by atoms with Crippen LogP contribution in [0.2, 0.25) is 10.0 Å². The topological polar surface area (TPSA) is 41.1 Å². The summed E-state index contributed by atoms with van der Waals surface area (Å²) in [5, 5.41) is 4.81. The SMILES string of the molecule is CC(C)CC1CN(c2c(Cl)cc(Cl)c3nsnc23)CCN1. The standard InChI is InChI=1S/C14H18Cl2N4S/c1-8(2)5-9-7-20(4-3-17-9)14-11(16)6-10(15)12-13(14)19-21-18-12/h6,8-9,17H,3-5,7H2,1-2H3. The van der Waals surface area contributed by atoms with Crippen molar-refractivity contribution in [3.63, 3.8) is 0 Å². The number of hydrogen-bond acceptors (Lipinski definition) is 5. The molecular weight excluding hydrogens is 327 g/mol. The Labute approximate surface area is 138 Å². The van der Waals surface area contributed by atoms with Crippen LogP contribution in [0.15, 0.2) is 6.07 Å². The summed E-state index contributed by atoms with van der Waals surface area (Å²) in [6, 6.07) is 2.26. The lowest BCUT2D eigenvalue weighted by Crippen LogP contribution is -2.51. The van der Waals surface area contributed by atoms with Crippen LogP contribution in [0.4, 0.5) is 5.69 Å². The second kappa shape index (κ2) is 6.24. The normalized spacial score (nSPS) is 19.7. The molecule has 1 unspecified atom stereocenters. The lowest BCUT2D eigenvalue weighted by molar-refractivity contribution is 0.388. The van der Waals surface area contributed by atoms with Gasteiger partial charge in [0.25, 0.3) is 0 Å². The third-order valence-corrected chi connectivity index (χ3v) is 4.85. The van der Waals surface area contributed by atoms with Gasteiger partial charge in [0.2, 0.25) is 0 Å². The van der Waals surface area contributed by atoms with E-state index in [9.17, 15) is 0 Å². The molecule has 1 N–H and O–H groups in total. The fourth-order valence-electron chi connectivity index (χ4n) is 2.92. The van der Waals surface area contributed by atoms with Gasteiger partial charge in [-0.3, -0.25) is 0 Å². The maximum Gasteiger partial charge on any atom is 0.131 e. The van der Waals surface area contributed by atoms with Crippen molar-refractivity contribution in [3.05, 3.63) is 16.1 Å². The number of rotatable bonds is 3. The van der Waals surface area contributed by atoms with Crippen LogP contribution >= 0.6 is 34.9 Å². The van der Waals surface area contributed by atoms with Gasteiger partial charge >= 0.3 is 0 Å². The van der Waals surface area contributed by atoms with Gasteiger partial charge in [-0.1, -0.05) is 37.0 Å². The van der Waals surface area contributed by atoms with Crippen molar-refractivity contribution in [3.8, 4) is 0 Å². The number of halogens is 2. The van der Waals surface area contributed by atoms with Gasteiger partial charge in [0.05, 0.1) is 27.5 Å². The second-order valence-corrected chi connectivity index (χ2v) is 7.22. The Balaban J connectivity index is 1.94. The predicted molar refractivity (Wildman–Crippen MR) is 90.9 cm³/mol. The number of benzene rings is 1. The molecule has 2 heterocycles. The maximum atomic E-state index is 6.44. The average Bonchev–Trinajstić information content (AvgIpc) is 2.88. The zero-order valence-electron chi connectivity index (χ0n) is 12.1. The van der Waals surface area contributed by atoms with Gasteiger partial charge in [0.1, 0.15) is 11.0 Å². The van der Waals surface area contributed by atoms with E-state index in [0.29, 0.717) is 22.0 Å². The van der Waals surface area contributed by atoms with Crippen molar-refractivity contribution in [1.82, 2.24) is 14.1 Å². The van der Waals surface area contributed by atoms with Gasteiger partial charge in [0, 0.05) is 25.7 Å². The van der Waals surface area contributed by atoms with Crippen molar-refractivity contribution in [1.29, 1.82) is 0 Å². The largest absolute Gasteiger partial charge is 0.366 e. The van der Waals surface area contributed by atoms with Crippen LogP contribution in [0.5, 0.6) is 0 Å². The Hall–Kier alpha value is -0.620. The summed E-state index contributed by atoms with van der Waals surface area (Å²) in [6.45, 7) is 7.31. The number of anilines is 1. The molecule has 1 atom stereocenters. The number of aromatic nitrogens is 2. The Morgan fingerprint density at radius 2 is 2.10 bits per heavy atom. The summed E-state index contributed by atoms with van der Waals surface area (Å²) in [5.74, 6) is 0.670. The van der Waals surface area contributed by atoms with Gasteiger partial charge < -0.3 is 10.2 Å². The number of fused-ring (bicyclic) bond motifs is 1. The molecule has 0 bridgehead atoms. The highest BCUT2D eigenvalue weighted by Crippen LogP contribution is 2.38. The molecule has 0 saturated carbocycles. The summed E-state index contributed by atoms with van der Waals surface area (Å²) < 4.78 is 8.68. The third kappa shape index (κ3) is 3.11. The minimum absolute atomic E-state index is 0.479. The van der Waals surface area contributed by atoms with Gasteiger partial charge in [-0.15, -0.1) is 0 Å². The maximum absolute atomic E-state index is 6.44. The summed E-state index contributed by atoms with van der Waals surface area (Å²) in [7, 11) is 0. The molecule has 4 nitrogen and oxygen atoms in total. The van der Waals surface area contributed by atoms with E-state index in [0.717, 1.165) is 42.8 Å². The van der Waals surface area contributed by atoms with E-state index in [1.807, 2.05) is 0 Å². The Morgan fingerprint density at radius 1 is 1.33 bits per heavy atom. The zero-order valence-corrected chi connectivity index (χ0v) is 14.4. The molecule has 3 rings (SSSR count). The Morgan fingerprint density at radius 3 is 2.86 bits per heavy atom. The minimum Gasteiger partial charge on any atom is -0.366 e. The van der Waals surface area contributed by atoms with Crippen LogP contribution < -0.4 is 10.2 Å². The highest BCUT2D eigenvalue weighted by molar-refractivity contribution is 7.00. The Bertz CT molecular complexity index is 643. The van der Waals surface area contributed by atoms with Crippen molar-refractivity contribution in [2.45, 2.75) is 26.3 Å². The van der Waals surface area contributed by atoms with Crippen LogP contribution in [-0.4, -0.2) is 34.4 Å². The number of hydrogen-bond donors (Lipinski definition) is 1. The highest BCUT2D eigenvalue weighted by Gasteiger charge is 2.25. The molecule has 1 aromatic carbocycles. The second-order valence-electron chi connectivity index (χ2n) is 5.88. The summed E-state index contributed by atoms with van der Waals surface area (Å²) in [5.41, 5.74) is 2.54. The monoisotopic (exact) mass is 344 g/mol. The summed E-state index contributed by atoms with van der Waals surface area (Å²) in [4.78, 5) is 2.31. The smallest absolute Gasteiger partial charge is 0.131 e. The molecule has 1 aromatic heterocycles. The van der Waals surface area contributed by atoms with Gasteiger partial charge in [0.15, 0.2) is 0 Å². The number of piperazine rings is 1. The molecule has 2 aromatic rings. The van der Waals surface area contributed by atoms with Crippen molar-refractivity contribution in [2.24, 2.45) is 5.92 Å². The van der Waals surface area contributed by atoms with E-state index >= 15 is 0 Å². The first-order valence-corrected chi connectivity index (χ1v) is 8.63. The number of nitrogens with zero attached hydrogens (tertiary/aromatic N) is 3. The van der Waals surface area contributed by atoms with Crippen molar-refractivity contribution >= 4 is 51.7 Å². The van der Waals surface area contributed by atoms with E-state index in [1.54, 1.807) is 6.07 Å². The van der Waals surface area contributed by atoms with Crippen LogP contribution in [0.1, 0.15) is 20.3 Å². The van der Waals surface area contributed by atoms with Gasteiger partial charge in [-0.2, -0.15) is 8.75 Å². The first kappa shape index (κ1) is 15.3. The lowest BCUT2D eigenvalue weighted by atomic mass is 10.0. The van der Waals surface area contributed by atoms with Crippen molar-refractivity contribution in [2.75, 3.05) is 24.5 Å². The molecule has 7 heteroatoms. The van der Waals surface area contributed by atoms with E-state index in [4.69, 9.17) is 23.2 Å². The molecule has 1 fully saturated rings. The zero-order chi connectivity index (χ0) is 15.0. The molecule has 1 aliphatic heterocycles. The molecule has 0 aliphatic carbocycles. The van der Waals surface area contributed by atoms with Gasteiger partial charge in [-0.25, -0.2) is 0 Å². The van der Waals surface area contributed by atoms with Gasteiger partial charge in [-0.05, 0) is 18.4 Å². The van der Waals surface area contributed by atoms with E-state index < -0.39 is 0 Å². The van der Waals surface area contributed by atoms with Crippen LogP contribution in [0.25, 0.3) is 11.0 Å². The van der Waals surface area contributed by atoms with E-state index in [2.05, 4.69) is 32.8 Å². The molecule has 1 aliphatic rings. The lowest BCUT2D eigenvalue weighted by Gasteiger charge is -2.36. The quantitative estimate of drug-likeness (QED) is 0.918. The highest BCUT2D eigenvalue weighted by atomic mass is 35.5. The van der Waals surface area contributed by atoms with Crippen LogP contribution in [-0.2, 0) is 0 Å². The van der Waals surface area contributed by atoms with E-state index in [-0.39, 0.29) is 0 Å². The fraction of sp³-hybridized carbons (Fsp3) is 0.571. The predicted octanol–water partition coefficient (Wildman–Crippen LogP) is 3.82. The van der Waals surface area contributed by atoms with Crippen LogP contribution in [0, 0.1) is 5.92 Å². The number of nitrogens with one attached hydrogen (secondary N) is 1. The molecular formula is C14H18Cl2N4S. The molecule has 114 valence electrons.